The Morgan fingerprint density at radius 1 is 1.27 bits per heavy atom. The molecule has 8 nitrogen and oxygen atoms in total. The van der Waals surface area contributed by atoms with E-state index in [1.807, 2.05) is 13.1 Å². The van der Waals surface area contributed by atoms with Crippen molar-refractivity contribution in [1.29, 1.82) is 0 Å². The van der Waals surface area contributed by atoms with Gasteiger partial charge in [-0.1, -0.05) is 13.8 Å². The van der Waals surface area contributed by atoms with Crippen LogP contribution in [0.5, 0.6) is 17.2 Å². The number of aromatic nitrogens is 2. The van der Waals surface area contributed by atoms with Crippen molar-refractivity contribution in [2.75, 3.05) is 13.3 Å². The zero-order chi connectivity index (χ0) is 21.5. The van der Waals surface area contributed by atoms with Gasteiger partial charge in [0.25, 0.3) is 0 Å². The SMILES string of the molecule is CCNC(=NCc1cc2c(cc1OC(F)F)OCO2)NCc1nccn1CC(C)C. The van der Waals surface area contributed by atoms with Crippen molar-refractivity contribution in [1.82, 2.24) is 20.2 Å². The fraction of sp³-hybridized carbons (Fsp3) is 0.500. The molecular weight excluding hydrogens is 396 g/mol. The quantitative estimate of drug-likeness (QED) is 0.476. The molecule has 0 fully saturated rings. The molecule has 1 aliphatic heterocycles. The number of fused-ring (bicyclic) bond motifs is 1. The molecule has 2 N–H and O–H groups in total. The zero-order valence-electron chi connectivity index (χ0n) is 17.3. The van der Waals surface area contributed by atoms with Crippen LogP contribution in [-0.4, -0.2) is 35.5 Å². The number of ether oxygens (including phenoxy) is 3. The summed E-state index contributed by atoms with van der Waals surface area (Å²) in [4.78, 5) is 8.89. The first kappa shape index (κ1) is 21.7. The number of aliphatic imine (C=N–C) groups is 1. The van der Waals surface area contributed by atoms with Crippen LogP contribution in [0.15, 0.2) is 29.5 Å². The molecule has 0 saturated heterocycles. The first-order valence-electron chi connectivity index (χ1n) is 9.85. The fourth-order valence-electron chi connectivity index (χ4n) is 3.03. The molecule has 164 valence electrons. The van der Waals surface area contributed by atoms with Crippen molar-refractivity contribution in [2.45, 2.75) is 47.0 Å². The van der Waals surface area contributed by atoms with Gasteiger partial charge in [-0.25, -0.2) is 9.98 Å². The third-order valence-corrected chi connectivity index (χ3v) is 4.30. The van der Waals surface area contributed by atoms with Gasteiger partial charge in [0.1, 0.15) is 11.6 Å². The first-order valence-corrected chi connectivity index (χ1v) is 9.85. The van der Waals surface area contributed by atoms with E-state index in [2.05, 4.69) is 43.8 Å². The van der Waals surface area contributed by atoms with Crippen molar-refractivity contribution in [3.63, 3.8) is 0 Å². The van der Waals surface area contributed by atoms with Gasteiger partial charge in [0.15, 0.2) is 17.5 Å². The lowest BCUT2D eigenvalue weighted by Crippen LogP contribution is -2.37. The van der Waals surface area contributed by atoms with Crippen LogP contribution in [0.1, 0.15) is 32.2 Å². The van der Waals surface area contributed by atoms with Gasteiger partial charge in [0.05, 0.1) is 13.1 Å². The zero-order valence-corrected chi connectivity index (χ0v) is 17.3. The maximum absolute atomic E-state index is 12.8. The number of halogens is 2. The molecule has 0 aliphatic carbocycles. The van der Waals surface area contributed by atoms with E-state index in [-0.39, 0.29) is 19.1 Å². The van der Waals surface area contributed by atoms with Gasteiger partial charge in [-0.15, -0.1) is 0 Å². The summed E-state index contributed by atoms with van der Waals surface area (Å²) in [5, 5.41) is 6.38. The van der Waals surface area contributed by atoms with E-state index in [4.69, 9.17) is 9.47 Å². The molecule has 1 aromatic heterocycles. The third-order valence-electron chi connectivity index (χ3n) is 4.30. The average molecular weight is 423 g/mol. The lowest BCUT2D eigenvalue weighted by molar-refractivity contribution is -0.0505. The molecule has 2 heterocycles. The van der Waals surface area contributed by atoms with Crippen molar-refractivity contribution >= 4 is 5.96 Å². The topological polar surface area (TPSA) is 81.9 Å². The number of benzene rings is 1. The number of guanidine groups is 1. The highest BCUT2D eigenvalue weighted by Gasteiger charge is 2.20. The second kappa shape index (κ2) is 10.1. The smallest absolute Gasteiger partial charge is 0.387 e. The number of hydrogen-bond acceptors (Lipinski definition) is 5. The summed E-state index contributed by atoms with van der Waals surface area (Å²) in [5.41, 5.74) is 0.470. The van der Waals surface area contributed by atoms with Gasteiger partial charge in [-0.05, 0) is 18.9 Å². The fourth-order valence-corrected chi connectivity index (χ4v) is 3.03. The van der Waals surface area contributed by atoms with Crippen LogP contribution in [0.25, 0.3) is 0 Å². The van der Waals surface area contributed by atoms with Crippen molar-refractivity contribution in [2.24, 2.45) is 10.9 Å². The Bertz CT molecular complexity index is 870. The Morgan fingerprint density at radius 3 is 2.73 bits per heavy atom. The normalized spacial score (nSPS) is 13.2. The molecule has 0 radical (unpaired) electrons. The van der Waals surface area contributed by atoms with Crippen molar-refractivity contribution in [3.05, 3.63) is 35.9 Å². The van der Waals surface area contributed by atoms with Crippen LogP contribution in [-0.2, 0) is 19.6 Å². The van der Waals surface area contributed by atoms with E-state index < -0.39 is 6.61 Å². The summed E-state index contributed by atoms with van der Waals surface area (Å²) in [6.45, 7) is 5.46. The number of alkyl halides is 2. The van der Waals surface area contributed by atoms with Gasteiger partial charge >= 0.3 is 6.61 Å². The standard InChI is InChI=1S/C20H27F2N5O3/c1-4-23-20(26-10-18-24-5-6-27(18)11-13(2)3)25-9-14-7-16-17(29-12-28-16)8-15(14)30-19(21)22/h5-8,13,19H,4,9-12H2,1-3H3,(H2,23,25,26). The maximum Gasteiger partial charge on any atom is 0.387 e. The molecule has 0 amide bonds. The molecule has 0 spiro atoms. The van der Waals surface area contributed by atoms with Crippen molar-refractivity contribution < 1.29 is 23.0 Å². The molecule has 0 saturated carbocycles. The lowest BCUT2D eigenvalue weighted by Gasteiger charge is -2.14. The molecular formula is C20H27F2N5O3. The molecule has 0 bridgehead atoms. The van der Waals surface area contributed by atoms with Gasteiger partial charge in [0, 0.05) is 37.1 Å². The minimum Gasteiger partial charge on any atom is -0.454 e. The van der Waals surface area contributed by atoms with Crippen LogP contribution in [0.3, 0.4) is 0 Å². The number of nitrogens with one attached hydrogen (secondary N) is 2. The number of rotatable bonds is 9. The Balaban J connectivity index is 1.72. The van der Waals surface area contributed by atoms with Crippen LogP contribution < -0.4 is 24.8 Å². The Hall–Kier alpha value is -3.04. The second-order valence-electron chi connectivity index (χ2n) is 7.13. The van der Waals surface area contributed by atoms with Gasteiger partial charge in [-0.2, -0.15) is 8.78 Å². The number of imidazole rings is 1. The molecule has 1 aliphatic rings. The summed E-state index contributed by atoms with van der Waals surface area (Å²) in [7, 11) is 0. The summed E-state index contributed by atoms with van der Waals surface area (Å²) >= 11 is 0. The van der Waals surface area contributed by atoms with E-state index in [9.17, 15) is 8.78 Å². The highest BCUT2D eigenvalue weighted by molar-refractivity contribution is 5.79. The predicted octanol–water partition coefficient (Wildman–Crippen LogP) is 3.12. The van der Waals surface area contributed by atoms with Crippen LogP contribution in [0.4, 0.5) is 8.78 Å². The molecule has 1 aromatic carbocycles. The summed E-state index contributed by atoms with van der Waals surface area (Å²) < 4.78 is 42.9. The minimum atomic E-state index is -2.95. The van der Waals surface area contributed by atoms with Crippen LogP contribution in [0.2, 0.25) is 0 Å². The molecule has 30 heavy (non-hydrogen) atoms. The summed E-state index contributed by atoms with van der Waals surface area (Å²) in [5.74, 6) is 2.80. The van der Waals surface area contributed by atoms with Crippen LogP contribution >= 0.6 is 0 Å². The van der Waals surface area contributed by atoms with Crippen molar-refractivity contribution in [3.8, 4) is 17.2 Å². The lowest BCUT2D eigenvalue weighted by atomic mass is 10.1. The predicted molar refractivity (Wildman–Crippen MR) is 108 cm³/mol. The highest BCUT2D eigenvalue weighted by Crippen LogP contribution is 2.39. The Kier molecular flexibility index (Phi) is 7.31. The largest absolute Gasteiger partial charge is 0.454 e. The highest BCUT2D eigenvalue weighted by atomic mass is 19.3. The van der Waals surface area contributed by atoms with E-state index in [0.29, 0.717) is 42.0 Å². The number of nitrogens with zero attached hydrogens (tertiary/aromatic N) is 3. The van der Waals surface area contributed by atoms with E-state index in [1.165, 1.54) is 6.07 Å². The number of hydrogen-bond donors (Lipinski definition) is 2. The van der Waals surface area contributed by atoms with Gasteiger partial charge in [-0.3, -0.25) is 0 Å². The molecule has 10 heteroatoms. The maximum atomic E-state index is 12.8. The molecule has 0 atom stereocenters. The molecule has 0 unspecified atom stereocenters. The van der Waals surface area contributed by atoms with Gasteiger partial charge < -0.3 is 29.4 Å². The molecule has 2 aromatic rings. The summed E-state index contributed by atoms with van der Waals surface area (Å²) in [6, 6.07) is 3.02. The van der Waals surface area contributed by atoms with Gasteiger partial charge in [0.2, 0.25) is 6.79 Å². The Morgan fingerprint density at radius 2 is 2.03 bits per heavy atom. The monoisotopic (exact) mass is 423 g/mol. The summed E-state index contributed by atoms with van der Waals surface area (Å²) in [6.07, 6.45) is 3.71. The molecule has 3 rings (SSSR count). The third kappa shape index (κ3) is 5.74. The van der Waals surface area contributed by atoms with E-state index >= 15 is 0 Å². The second-order valence-corrected chi connectivity index (χ2v) is 7.13. The van der Waals surface area contributed by atoms with E-state index in [0.717, 1.165) is 12.4 Å². The minimum absolute atomic E-state index is 0.0151. The average Bonchev–Trinajstić information content (AvgIpc) is 3.31. The van der Waals surface area contributed by atoms with Crippen LogP contribution in [0, 0.1) is 5.92 Å². The Labute approximate surface area is 174 Å². The van der Waals surface area contributed by atoms with E-state index in [1.54, 1.807) is 12.3 Å². The first-order chi connectivity index (χ1) is 14.5.